The summed E-state index contributed by atoms with van der Waals surface area (Å²) in [6, 6.07) is 4.02. The van der Waals surface area contributed by atoms with Crippen molar-refractivity contribution < 1.29 is 19.6 Å². The average Bonchev–Trinajstić information content (AvgIpc) is 2.45. The van der Waals surface area contributed by atoms with E-state index in [2.05, 4.69) is 0 Å². The summed E-state index contributed by atoms with van der Waals surface area (Å²) in [6.07, 6.45) is 0.476. The second-order valence-corrected chi connectivity index (χ2v) is 5.88. The predicted molar refractivity (Wildman–Crippen MR) is 78.9 cm³/mol. The highest BCUT2D eigenvalue weighted by Crippen LogP contribution is 2.30. The predicted octanol–water partition coefficient (Wildman–Crippen LogP) is 2.43. The van der Waals surface area contributed by atoms with Gasteiger partial charge < -0.3 is 10.0 Å². The molecular weight excluding hydrogens is 312 g/mol. The number of aliphatic carboxylic acids is 1. The first-order valence-electron chi connectivity index (χ1n) is 6.76. The molecule has 0 aromatic heterocycles. The van der Waals surface area contributed by atoms with Gasteiger partial charge in [-0.15, -0.1) is 0 Å². The summed E-state index contributed by atoms with van der Waals surface area (Å²) in [6.45, 7) is 2.22. The molecule has 0 spiro atoms. The van der Waals surface area contributed by atoms with Gasteiger partial charge in [0.05, 0.1) is 15.9 Å². The third-order valence-corrected chi connectivity index (χ3v) is 4.01. The van der Waals surface area contributed by atoms with Crippen molar-refractivity contribution in [3.8, 4) is 0 Å². The number of halogens is 1. The molecule has 2 unspecified atom stereocenters. The van der Waals surface area contributed by atoms with E-state index in [0.717, 1.165) is 0 Å². The first-order chi connectivity index (χ1) is 10.3. The molecule has 1 aromatic carbocycles. The maximum atomic E-state index is 12.6. The van der Waals surface area contributed by atoms with Gasteiger partial charge in [0.2, 0.25) is 0 Å². The second kappa shape index (κ2) is 6.31. The van der Waals surface area contributed by atoms with E-state index in [9.17, 15) is 19.7 Å². The SMILES string of the molecule is CC1CC(C(=O)O)CN(C(=O)c2c(Cl)cccc2[N+](=O)[O-])C1. The minimum Gasteiger partial charge on any atom is -0.481 e. The molecule has 7 nitrogen and oxygen atoms in total. The lowest BCUT2D eigenvalue weighted by atomic mass is 9.90. The first-order valence-corrected chi connectivity index (χ1v) is 7.14. The standard InChI is InChI=1S/C14H15ClN2O5/c1-8-5-9(14(19)20)7-16(6-8)13(18)12-10(15)3-2-4-11(12)17(21)22/h2-4,8-9H,5-7H2,1H3,(H,19,20). The molecule has 1 amide bonds. The number of nitro benzene ring substituents is 1. The molecule has 2 rings (SSSR count). The molecule has 1 aliphatic heterocycles. The summed E-state index contributed by atoms with van der Waals surface area (Å²) >= 11 is 5.95. The number of carboxylic acids is 1. The van der Waals surface area contributed by atoms with Crippen LogP contribution in [0.3, 0.4) is 0 Å². The molecule has 1 fully saturated rings. The molecule has 1 heterocycles. The maximum absolute atomic E-state index is 12.6. The number of hydrogen-bond donors (Lipinski definition) is 1. The van der Waals surface area contributed by atoms with Crippen LogP contribution in [0.25, 0.3) is 0 Å². The van der Waals surface area contributed by atoms with Crippen molar-refractivity contribution in [1.82, 2.24) is 4.90 Å². The molecule has 0 radical (unpaired) electrons. The number of rotatable bonds is 3. The number of piperidine rings is 1. The van der Waals surface area contributed by atoms with Gasteiger partial charge >= 0.3 is 5.97 Å². The molecule has 118 valence electrons. The van der Waals surface area contributed by atoms with Crippen molar-refractivity contribution in [3.05, 3.63) is 38.9 Å². The quantitative estimate of drug-likeness (QED) is 0.679. The van der Waals surface area contributed by atoms with Crippen LogP contribution in [-0.4, -0.2) is 39.9 Å². The topological polar surface area (TPSA) is 101 Å². The Bertz CT molecular complexity index is 634. The van der Waals surface area contributed by atoms with Crippen molar-refractivity contribution >= 4 is 29.2 Å². The normalized spacial score (nSPS) is 21.5. The van der Waals surface area contributed by atoms with Crippen LogP contribution < -0.4 is 0 Å². The monoisotopic (exact) mass is 326 g/mol. The fourth-order valence-electron chi connectivity index (χ4n) is 2.73. The molecule has 1 aliphatic rings. The first kappa shape index (κ1) is 16.2. The summed E-state index contributed by atoms with van der Waals surface area (Å²) in [5.74, 6) is -2.25. The molecular formula is C14H15ClN2O5. The van der Waals surface area contributed by atoms with Gasteiger partial charge in [0.15, 0.2) is 0 Å². The highest BCUT2D eigenvalue weighted by Gasteiger charge is 2.35. The number of likely N-dealkylation sites (tertiary alicyclic amines) is 1. The van der Waals surface area contributed by atoms with Crippen LogP contribution in [0.15, 0.2) is 18.2 Å². The number of benzene rings is 1. The third-order valence-electron chi connectivity index (χ3n) is 3.70. The van der Waals surface area contributed by atoms with E-state index < -0.39 is 22.7 Å². The van der Waals surface area contributed by atoms with Crippen molar-refractivity contribution in [2.24, 2.45) is 11.8 Å². The zero-order chi connectivity index (χ0) is 16.4. The van der Waals surface area contributed by atoms with Gasteiger partial charge in [0, 0.05) is 19.2 Å². The summed E-state index contributed by atoms with van der Waals surface area (Å²) in [4.78, 5) is 35.5. The van der Waals surface area contributed by atoms with Crippen molar-refractivity contribution in [1.29, 1.82) is 0 Å². The minimum atomic E-state index is -0.974. The molecule has 0 saturated carbocycles. The van der Waals surface area contributed by atoms with Gasteiger partial charge in [-0.1, -0.05) is 24.6 Å². The number of nitro groups is 1. The Morgan fingerprint density at radius 1 is 1.41 bits per heavy atom. The Kier molecular flexibility index (Phi) is 4.65. The maximum Gasteiger partial charge on any atom is 0.308 e. The summed E-state index contributed by atoms with van der Waals surface area (Å²) in [5.41, 5.74) is -0.560. The Labute approximate surface area is 131 Å². The fourth-order valence-corrected chi connectivity index (χ4v) is 2.98. The zero-order valence-electron chi connectivity index (χ0n) is 11.9. The van der Waals surface area contributed by atoms with Gasteiger partial charge in [0.1, 0.15) is 5.56 Å². The van der Waals surface area contributed by atoms with E-state index in [4.69, 9.17) is 16.7 Å². The van der Waals surface area contributed by atoms with Gasteiger partial charge in [0.25, 0.3) is 11.6 Å². The Morgan fingerprint density at radius 2 is 2.09 bits per heavy atom. The van der Waals surface area contributed by atoms with Crippen LogP contribution in [0, 0.1) is 22.0 Å². The van der Waals surface area contributed by atoms with Gasteiger partial charge in [-0.2, -0.15) is 0 Å². The molecule has 8 heteroatoms. The Hall–Kier alpha value is -2.15. The molecule has 22 heavy (non-hydrogen) atoms. The number of carbonyl (C=O) groups excluding carboxylic acids is 1. The Morgan fingerprint density at radius 3 is 2.68 bits per heavy atom. The lowest BCUT2D eigenvalue weighted by Crippen LogP contribution is -2.45. The number of carboxylic acid groups (broad SMARTS) is 1. The molecule has 2 atom stereocenters. The van der Waals surface area contributed by atoms with Crippen molar-refractivity contribution in [3.63, 3.8) is 0 Å². The molecule has 0 aliphatic carbocycles. The number of carbonyl (C=O) groups is 2. The fraction of sp³-hybridized carbons (Fsp3) is 0.429. The smallest absolute Gasteiger partial charge is 0.308 e. The van der Waals surface area contributed by atoms with Crippen LogP contribution in [0.5, 0.6) is 0 Å². The van der Waals surface area contributed by atoms with Gasteiger partial charge in [-0.3, -0.25) is 19.7 Å². The van der Waals surface area contributed by atoms with E-state index >= 15 is 0 Å². The molecule has 1 aromatic rings. The van der Waals surface area contributed by atoms with E-state index in [1.807, 2.05) is 6.92 Å². The van der Waals surface area contributed by atoms with E-state index in [-0.39, 0.29) is 28.7 Å². The zero-order valence-corrected chi connectivity index (χ0v) is 12.6. The van der Waals surface area contributed by atoms with Crippen molar-refractivity contribution in [2.45, 2.75) is 13.3 Å². The summed E-state index contributed by atoms with van der Waals surface area (Å²) in [5, 5.41) is 20.2. The highest BCUT2D eigenvalue weighted by atomic mass is 35.5. The van der Waals surface area contributed by atoms with Crippen LogP contribution >= 0.6 is 11.6 Å². The van der Waals surface area contributed by atoms with Crippen molar-refractivity contribution in [2.75, 3.05) is 13.1 Å². The lowest BCUT2D eigenvalue weighted by Gasteiger charge is -2.34. The minimum absolute atomic E-state index is 0.000318. The molecule has 1 N–H and O–H groups in total. The van der Waals surface area contributed by atoms with Crippen LogP contribution in [0.1, 0.15) is 23.7 Å². The van der Waals surface area contributed by atoms with Crippen LogP contribution in [-0.2, 0) is 4.79 Å². The summed E-state index contributed by atoms with van der Waals surface area (Å²) in [7, 11) is 0. The summed E-state index contributed by atoms with van der Waals surface area (Å²) < 4.78 is 0. The molecule has 1 saturated heterocycles. The number of hydrogen-bond acceptors (Lipinski definition) is 4. The van der Waals surface area contributed by atoms with E-state index in [1.165, 1.54) is 23.1 Å². The molecule has 0 bridgehead atoms. The van der Waals surface area contributed by atoms with E-state index in [1.54, 1.807) is 0 Å². The average molecular weight is 327 g/mol. The van der Waals surface area contributed by atoms with Crippen LogP contribution in [0.2, 0.25) is 5.02 Å². The van der Waals surface area contributed by atoms with E-state index in [0.29, 0.717) is 13.0 Å². The number of amides is 1. The largest absolute Gasteiger partial charge is 0.481 e. The van der Waals surface area contributed by atoms with Gasteiger partial charge in [-0.05, 0) is 18.4 Å². The second-order valence-electron chi connectivity index (χ2n) is 5.48. The highest BCUT2D eigenvalue weighted by molar-refractivity contribution is 6.34. The number of nitrogens with zero attached hydrogens (tertiary/aromatic N) is 2. The third kappa shape index (κ3) is 3.19. The van der Waals surface area contributed by atoms with Crippen LogP contribution in [0.4, 0.5) is 5.69 Å². The van der Waals surface area contributed by atoms with Gasteiger partial charge in [-0.25, -0.2) is 0 Å². The Balaban J connectivity index is 2.35. The lowest BCUT2D eigenvalue weighted by molar-refractivity contribution is -0.385.